The molecule has 192 valence electrons. The first-order chi connectivity index (χ1) is 17.1. The van der Waals surface area contributed by atoms with Crippen LogP contribution in [0, 0.1) is 6.92 Å². The summed E-state index contributed by atoms with van der Waals surface area (Å²) in [6.07, 6.45) is 3.74. The van der Waals surface area contributed by atoms with Crippen molar-refractivity contribution in [2.45, 2.75) is 58.6 Å². The highest BCUT2D eigenvalue weighted by atomic mass is 35.5. The number of halogens is 1. The van der Waals surface area contributed by atoms with Crippen molar-refractivity contribution in [2.24, 2.45) is 0 Å². The number of aryl methyl sites for hydroxylation is 1. The predicted molar refractivity (Wildman–Crippen MR) is 139 cm³/mol. The van der Waals surface area contributed by atoms with Crippen LogP contribution < -0.4 is 10.1 Å². The highest BCUT2D eigenvalue weighted by Gasteiger charge is 2.30. The summed E-state index contributed by atoms with van der Waals surface area (Å²) in [5, 5.41) is 3.36. The van der Waals surface area contributed by atoms with Crippen molar-refractivity contribution in [2.75, 3.05) is 25.5 Å². The van der Waals surface area contributed by atoms with Crippen LogP contribution in [0.4, 0.5) is 10.7 Å². The van der Waals surface area contributed by atoms with Gasteiger partial charge in [0.1, 0.15) is 16.4 Å². The molecule has 0 spiro atoms. The summed E-state index contributed by atoms with van der Waals surface area (Å²) in [7, 11) is 1.55. The number of carbonyl (C=O) groups excluding carboxylic acids is 2. The lowest BCUT2D eigenvalue weighted by Gasteiger charge is -2.29. The monoisotopic (exact) mass is 513 g/mol. The number of aromatic nitrogens is 3. The van der Waals surface area contributed by atoms with Gasteiger partial charge < -0.3 is 18.9 Å². The average Bonchev–Trinajstić information content (AvgIpc) is 2.99. The van der Waals surface area contributed by atoms with Gasteiger partial charge in [-0.05, 0) is 71.2 Å². The maximum Gasteiger partial charge on any atom is 0.410 e. The lowest BCUT2D eigenvalue weighted by molar-refractivity contribution is 0.0238. The molecule has 1 N–H and O–H groups in total. The Morgan fingerprint density at radius 2 is 1.97 bits per heavy atom. The number of methoxy groups -OCH3 is 1. The molecule has 1 aromatic carbocycles. The fourth-order valence-corrected chi connectivity index (χ4v) is 4.74. The Labute approximate surface area is 215 Å². The summed E-state index contributed by atoms with van der Waals surface area (Å²) < 4.78 is 13.0. The third-order valence-corrected chi connectivity index (χ3v) is 6.39. The third-order valence-electron chi connectivity index (χ3n) is 6.02. The molecule has 36 heavy (non-hydrogen) atoms. The zero-order valence-electron chi connectivity index (χ0n) is 21.3. The molecule has 0 unspecified atom stereocenters. The van der Waals surface area contributed by atoms with Gasteiger partial charge in [-0.3, -0.25) is 15.1 Å². The standard InChI is InChI=1S/C26H32ClN5O4/c1-16-14-17(11-12-28-16)23(33)30-24-29-19-9-10-20(35-5)21(27)22(19)32(24)18-8-6-7-13-31(15-18)25(34)36-26(2,3)4/h9-12,14,18H,6-8,13,15H2,1-5H3,(H,29,30,33)/t18-/m1/s1. The van der Waals surface area contributed by atoms with Gasteiger partial charge in [-0.15, -0.1) is 0 Å². The number of carbonyl (C=O) groups is 2. The molecule has 2 aromatic heterocycles. The topological polar surface area (TPSA) is 98.6 Å². The van der Waals surface area contributed by atoms with Crippen molar-refractivity contribution in [1.29, 1.82) is 0 Å². The Hall–Kier alpha value is -3.33. The van der Waals surface area contributed by atoms with Crippen LogP contribution in [-0.4, -0.2) is 57.2 Å². The Bertz CT molecular complexity index is 1280. The highest BCUT2D eigenvalue weighted by Crippen LogP contribution is 2.38. The van der Waals surface area contributed by atoms with Gasteiger partial charge in [0.05, 0.1) is 24.2 Å². The van der Waals surface area contributed by atoms with E-state index in [2.05, 4.69) is 10.3 Å². The number of likely N-dealkylation sites (tertiary alicyclic amines) is 1. The summed E-state index contributed by atoms with van der Waals surface area (Å²) in [5.41, 5.74) is 1.88. The molecule has 2 amide bonds. The van der Waals surface area contributed by atoms with Gasteiger partial charge in [-0.25, -0.2) is 9.78 Å². The summed E-state index contributed by atoms with van der Waals surface area (Å²) >= 11 is 6.77. The van der Waals surface area contributed by atoms with E-state index in [-0.39, 0.29) is 18.0 Å². The number of anilines is 1. The van der Waals surface area contributed by atoms with Gasteiger partial charge >= 0.3 is 6.09 Å². The smallest absolute Gasteiger partial charge is 0.410 e. The highest BCUT2D eigenvalue weighted by molar-refractivity contribution is 6.36. The maximum atomic E-state index is 13.1. The fourth-order valence-electron chi connectivity index (χ4n) is 4.41. The molecule has 4 rings (SSSR count). The molecule has 1 saturated heterocycles. The number of hydrogen-bond acceptors (Lipinski definition) is 6. The van der Waals surface area contributed by atoms with Crippen molar-refractivity contribution in [3.63, 3.8) is 0 Å². The van der Waals surface area contributed by atoms with Crippen LogP contribution in [-0.2, 0) is 4.74 Å². The maximum absolute atomic E-state index is 13.1. The molecule has 0 aliphatic carbocycles. The van der Waals surface area contributed by atoms with Gasteiger partial charge in [0.2, 0.25) is 5.95 Å². The third kappa shape index (κ3) is 5.56. The number of amides is 2. The van der Waals surface area contributed by atoms with E-state index in [0.717, 1.165) is 25.0 Å². The molecule has 0 bridgehead atoms. The predicted octanol–water partition coefficient (Wildman–Crippen LogP) is 5.62. The lowest BCUT2D eigenvalue weighted by Crippen LogP contribution is -2.39. The van der Waals surface area contributed by atoms with Gasteiger partial charge in [0, 0.05) is 30.5 Å². The van der Waals surface area contributed by atoms with Crippen molar-refractivity contribution < 1.29 is 19.1 Å². The van der Waals surface area contributed by atoms with E-state index in [0.29, 0.717) is 46.4 Å². The molecular weight excluding hydrogens is 482 g/mol. The van der Waals surface area contributed by atoms with Crippen LogP contribution in [0.3, 0.4) is 0 Å². The minimum absolute atomic E-state index is 0.191. The Kier molecular flexibility index (Phi) is 7.40. The second-order valence-corrected chi connectivity index (χ2v) is 10.3. The number of imidazole rings is 1. The van der Waals surface area contributed by atoms with E-state index in [4.69, 9.17) is 26.1 Å². The first-order valence-corrected chi connectivity index (χ1v) is 12.4. The lowest BCUT2D eigenvalue weighted by atomic mass is 10.1. The Morgan fingerprint density at radius 1 is 1.19 bits per heavy atom. The van der Waals surface area contributed by atoms with Gasteiger partial charge in [-0.1, -0.05) is 11.6 Å². The average molecular weight is 514 g/mol. The molecule has 1 aliphatic heterocycles. The molecule has 3 heterocycles. The molecule has 1 aliphatic rings. The number of pyridine rings is 1. The first kappa shape index (κ1) is 25.8. The number of nitrogens with zero attached hydrogens (tertiary/aromatic N) is 4. The number of ether oxygens (including phenoxy) is 2. The van der Waals surface area contributed by atoms with Crippen LogP contribution in [0.5, 0.6) is 5.75 Å². The number of hydrogen-bond donors (Lipinski definition) is 1. The van der Waals surface area contributed by atoms with E-state index in [1.54, 1.807) is 36.4 Å². The van der Waals surface area contributed by atoms with Crippen molar-refractivity contribution in [3.05, 3.63) is 46.7 Å². The van der Waals surface area contributed by atoms with Crippen LogP contribution in [0.1, 0.15) is 62.1 Å². The molecule has 1 atom stereocenters. The van der Waals surface area contributed by atoms with Crippen molar-refractivity contribution >= 4 is 40.6 Å². The van der Waals surface area contributed by atoms with Gasteiger partial charge in [0.15, 0.2) is 0 Å². The minimum Gasteiger partial charge on any atom is -0.495 e. The summed E-state index contributed by atoms with van der Waals surface area (Å²) in [5.74, 6) is 0.555. The molecule has 9 nitrogen and oxygen atoms in total. The molecule has 0 radical (unpaired) electrons. The van der Waals surface area contributed by atoms with E-state index >= 15 is 0 Å². The van der Waals surface area contributed by atoms with Crippen molar-refractivity contribution in [3.8, 4) is 5.75 Å². The summed E-state index contributed by atoms with van der Waals surface area (Å²) in [6, 6.07) is 6.74. The Balaban J connectivity index is 1.77. The number of nitrogens with one attached hydrogen (secondary N) is 1. The Morgan fingerprint density at radius 3 is 2.67 bits per heavy atom. The molecule has 3 aromatic rings. The van der Waals surface area contributed by atoms with E-state index < -0.39 is 5.60 Å². The largest absolute Gasteiger partial charge is 0.495 e. The molecule has 0 saturated carbocycles. The van der Waals surface area contributed by atoms with Crippen LogP contribution in [0.25, 0.3) is 11.0 Å². The zero-order valence-corrected chi connectivity index (χ0v) is 22.1. The number of fused-ring (bicyclic) bond motifs is 1. The quantitative estimate of drug-likeness (QED) is 0.486. The second kappa shape index (κ2) is 10.3. The molecule has 10 heteroatoms. The first-order valence-electron chi connectivity index (χ1n) is 12.0. The zero-order chi connectivity index (χ0) is 26.0. The van der Waals surface area contributed by atoms with E-state index in [1.807, 2.05) is 38.3 Å². The number of rotatable bonds is 4. The molecular formula is C26H32ClN5O4. The van der Waals surface area contributed by atoms with E-state index in [1.165, 1.54) is 0 Å². The number of benzene rings is 1. The van der Waals surface area contributed by atoms with Crippen molar-refractivity contribution in [1.82, 2.24) is 19.4 Å². The molecule has 1 fully saturated rings. The second-order valence-electron chi connectivity index (χ2n) is 9.97. The van der Waals surface area contributed by atoms with Crippen LogP contribution in [0.15, 0.2) is 30.5 Å². The summed E-state index contributed by atoms with van der Waals surface area (Å²) in [4.78, 5) is 36.7. The normalized spacial score (nSPS) is 16.5. The van der Waals surface area contributed by atoms with Crippen LogP contribution >= 0.6 is 11.6 Å². The minimum atomic E-state index is -0.598. The van der Waals surface area contributed by atoms with Crippen LogP contribution in [0.2, 0.25) is 5.02 Å². The van der Waals surface area contributed by atoms with Gasteiger partial charge in [0.25, 0.3) is 5.91 Å². The fraction of sp³-hybridized carbons (Fsp3) is 0.462. The SMILES string of the molecule is COc1ccc2nc(NC(=O)c3ccnc(C)c3)n([C@@H]3CCCCN(C(=O)OC(C)(C)C)C3)c2c1Cl. The van der Waals surface area contributed by atoms with Gasteiger partial charge in [-0.2, -0.15) is 0 Å². The van der Waals surface area contributed by atoms with E-state index in [9.17, 15) is 9.59 Å². The summed E-state index contributed by atoms with van der Waals surface area (Å²) in [6.45, 7) is 8.37.